The number of nitrogens with zero attached hydrogens (tertiary/aromatic N) is 2. The van der Waals surface area contributed by atoms with Crippen LogP contribution in [0, 0.1) is 6.92 Å². The molecule has 0 radical (unpaired) electrons. The molecular formula is C19H26N4O2. The molecule has 0 atom stereocenters. The zero-order valence-electron chi connectivity index (χ0n) is 15.0. The Labute approximate surface area is 148 Å². The van der Waals surface area contributed by atoms with E-state index in [1.807, 2.05) is 0 Å². The van der Waals surface area contributed by atoms with Gasteiger partial charge >= 0.3 is 0 Å². The van der Waals surface area contributed by atoms with Gasteiger partial charge in [-0.15, -0.1) is 0 Å². The molecule has 0 saturated carbocycles. The fourth-order valence-electron chi connectivity index (χ4n) is 2.66. The Balaban J connectivity index is 1.92. The number of amides is 1. The Hall–Kier alpha value is -2.50. The summed E-state index contributed by atoms with van der Waals surface area (Å²) in [6.07, 6.45) is 8.52. The number of unbranched alkanes of at least 4 members (excludes halogenated alkanes) is 3. The van der Waals surface area contributed by atoms with Crippen molar-refractivity contribution in [1.29, 1.82) is 0 Å². The summed E-state index contributed by atoms with van der Waals surface area (Å²) in [7, 11) is 0. The van der Waals surface area contributed by atoms with Crippen LogP contribution in [0.15, 0.2) is 29.3 Å². The van der Waals surface area contributed by atoms with Crippen LogP contribution < -0.4 is 10.9 Å². The van der Waals surface area contributed by atoms with Crippen molar-refractivity contribution < 1.29 is 4.79 Å². The first-order valence-electron chi connectivity index (χ1n) is 8.88. The maximum atomic E-state index is 12.3. The maximum absolute atomic E-state index is 12.3. The number of hydrogen-bond acceptors (Lipinski definition) is 4. The summed E-state index contributed by atoms with van der Waals surface area (Å²) in [4.78, 5) is 35.5. The zero-order valence-corrected chi connectivity index (χ0v) is 15.0. The normalized spacial score (nSPS) is 10.6. The van der Waals surface area contributed by atoms with E-state index in [9.17, 15) is 9.59 Å². The molecule has 2 N–H and O–H groups in total. The highest BCUT2D eigenvalue weighted by Crippen LogP contribution is 2.13. The highest BCUT2D eigenvalue weighted by atomic mass is 16.1. The molecule has 6 heteroatoms. The standard InChI is InChI=1S/C19H26N4O2/c1-3-4-5-6-11-21-17(24)8-7-16-14(2)22-18(23-19(16)25)15-9-12-20-13-10-15/h9-10,12-13H,3-8,11H2,1-2H3,(H,21,24)(H,22,23,25). The van der Waals surface area contributed by atoms with E-state index < -0.39 is 0 Å². The third-order valence-corrected chi connectivity index (χ3v) is 4.13. The molecular weight excluding hydrogens is 316 g/mol. The van der Waals surface area contributed by atoms with Gasteiger partial charge in [0.2, 0.25) is 5.91 Å². The molecule has 0 fully saturated rings. The van der Waals surface area contributed by atoms with Crippen LogP contribution in [0.1, 0.15) is 50.3 Å². The van der Waals surface area contributed by atoms with E-state index in [0.717, 1.165) is 18.4 Å². The molecule has 0 saturated heterocycles. The molecule has 25 heavy (non-hydrogen) atoms. The van der Waals surface area contributed by atoms with E-state index in [4.69, 9.17) is 0 Å². The number of carbonyl (C=O) groups excluding carboxylic acids is 1. The van der Waals surface area contributed by atoms with Gasteiger partial charge in [0.15, 0.2) is 0 Å². The number of aryl methyl sites for hydroxylation is 1. The average Bonchev–Trinajstić information content (AvgIpc) is 2.61. The number of H-pyrrole nitrogens is 1. The number of pyridine rings is 1. The first-order valence-corrected chi connectivity index (χ1v) is 8.88. The van der Waals surface area contributed by atoms with Crippen molar-refractivity contribution in [2.75, 3.05) is 6.54 Å². The van der Waals surface area contributed by atoms with E-state index in [1.54, 1.807) is 31.5 Å². The number of rotatable bonds is 9. The van der Waals surface area contributed by atoms with E-state index in [2.05, 4.69) is 27.2 Å². The summed E-state index contributed by atoms with van der Waals surface area (Å²) in [6, 6.07) is 3.59. The lowest BCUT2D eigenvalue weighted by Crippen LogP contribution is -2.26. The molecule has 0 aliphatic rings. The molecule has 1 amide bonds. The molecule has 2 rings (SSSR count). The summed E-state index contributed by atoms with van der Waals surface area (Å²) in [5.41, 5.74) is 1.85. The van der Waals surface area contributed by atoms with Gasteiger partial charge in [-0.2, -0.15) is 0 Å². The number of hydrogen-bond donors (Lipinski definition) is 2. The van der Waals surface area contributed by atoms with Gasteiger partial charge in [-0.3, -0.25) is 14.6 Å². The van der Waals surface area contributed by atoms with Crippen LogP contribution in [-0.2, 0) is 11.2 Å². The molecule has 0 aliphatic heterocycles. The molecule has 2 aromatic heterocycles. The van der Waals surface area contributed by atoms with Crippen molar-refractivity contribution in [1.82, 2.24) is 20.3 Å². The highest BCUT2D eigenvalue weighted by molar-refractivity contribution is 5.76. The van der Waals surface area contributed by atoms with Gasteiger partial charge in [-0.1, -0.05) is 26.2 Å². The van der Waals surface area contributed by atoms with E-state index in [1.165, 1.54) is 12.8 Å². The van der Waals surface area contributed by atoms with Crippen LogP contribution in [0.3, 0.4) is 0 Å². The first kappa shape index (κ1) is 18.8. The Morgan fingerprint density at radius 3 is 2.64 bits per heavy atom. The average molecular weight is 342 g/mol. The summed E-state index contributed by atoms with van der Waals surface area (Å²) >= 11 is 0. The minimum Gasteiger partial charge on any atom is -0.356 e. The van der Waals surface area contributed by atoms with E-state index >= 15 is 0 Å². The van der Waals surface area contributed by atoms with Gasteiger partial charge in [0.25, 0.3) is 5.56 Å². The highest BCUT2D eigenvalue weighted by Gasteiger charge is 2.11. The van der Waals surface area contributed by atoms with Gasteiger partial charge in [0.1, 0.15) is 5.82 Å². The van der Waals surface area contributed by atoms with Crippen molar-refractivity contribution in [3.8, 4) is 11.4 Å². The van der Waals surface area contributed by atoms with Crippen LogP contribution in [0.2, 0.25) is 0 Å². The SMILES string of the molecule is CCCCCCNC(=O)CCc1c(C)nc(-c2ccncc2)[nH]c1=O. The third kappa shape index (κ3) is 5.81. The topological polar surface area (TPSA) is 87.7 Å². The lowest BCUT2D eigenvalue weighted by atomic mass is 10.1. The van der Waals surface area contributed by atoms with E-state index in [-0.39, 0.29) is 11.5 Å². The predicted octanol–water partition coefficient (Wildman–Crippen LogP) is 2.77. The molecule has 2 heterocycles. The molecule has 0 aliphatic carbocycles. The minimum atomic E-state index is -0.185. The second kappa shape index (κ2) is 9.71. The molecule has 0 bridgehead atoms. The number of aromatic nitrogens is 3. The van der Waals surface area contributed by atoms with Crippen LogP contribution in [-0.4, -0.2) is 27.4 Å². The second-order valence-electron chi connectivity index (χ2n) is 6.12. The molecule has 0 spiro atoms. The van der Waals surface area contributed by atoms with Gasteiger partial charge in [0, 0.05) is 42.2 Å². The van der Waals surface area contributed by atoms with Crippen molar-refractivity contribution in [2.24, 2.45) is 0 Å². The van der Waals surface area contributed by atoms with Crippen LogP contribution >= 0.6 is 0 Å². The van der Waals surface area contributed by atoms with Gasteiger partial charge in [-0.25, -0.2) is 4.98 Å². The smallest absolute Gasteiger partial charge is 0.254 e. The Bertz CT molecular complexity index is 741. The molecule has 2 aromatic rings. The van der Waals surface area contributed by atoms with Crippen molar-refractivity contribution >= 4 is 5.91 Å². The van der Waals surface area contributed by atoms with Gasteiger partial charge < -0.3 is 10.3 Å². The quantitative estimate of drug-likeness (QED) is 0.686. The number of nitrogens with one attached hydrogen (secondary N) is 2. The fourth-order valence-corrected chi connectivity index (χ4v) is 2.66. The number of aromatic amines is 1. The minimum absolute atomic E-state index is 0.0199. The van der Waals surface area contributed by atoms with Crippen molar-refractivity contribution in [3.05, 3.63) is 46.1 Å². The maximum Gasteiger partial charge on any atom is 0.254 e. The van der Waals surface area contributed by atoms with Crippen LogP contribution in [0.25, 0.3) is 11.4 Å². The Morgan fingerprint density at radius 1 is 1.20 bits per heavy atom. The molecule has 134 valence electrons. The Morgan fingerprint density at radius 2 is 1.96 bits per heavy atom. The molecule has 0 unspecified atom stereocenters. The molecule has 6 nitrogen and oxygen atoms in total. The Kier molecular flexibility index (Phi) is 7.32. The fraction of sp³-hybridized carbons (Fsp3) is 0.474. The summed E-state index contributed by atoms with van der Waals surface area (Å²) in [5, 5.41) is 2.91. The van der Waals surface area contributed by atoms with Crippen molar-refractivity contribution in [3.63, 3.8) is 0 Å². The third-order valence-electron chi connectivity index (χ3n) is 4.13. The van der Waals surface area contributed by atoms with Gasteiger partial charge in [0.05, 0.1) is 0 Å². The molecule has 0 aromatic carbocycles. The van der Waals surface area contributed by atoms with Crippen LogP contribution in [0.4, 0.5) is 0 Å². The summed E-state index contributed by atoms with van der Waals surface area (Å²) < 4.78 is 0. The largest absolute Gasteiger partial charge is 0.356 e. The first-order chi connectivity index (χ1) is 12.1. The van der Waals surface area contributed by atoms with Gasteiger partial charge in [-0.05, 0) is 31.9 Å². The monoisotopic (exact) mass is 342 g/mol. The zero-order chi connectivity index (χ0) is 18.1. The van der Waals surface area contributed by atoms with Crippen molar-refractivity contribution in [2.45, 2.75) is 52.4 Å². The second-order valence-corrected chi connectivity index (χ2v) is 6.12. The van der Waals surface area contributed by atoms with Crippen LogP contribution in [0.5, 0.6) is 0 Å². The summed E-state index contributed by atoms with van der Waals surface area (Å²) in [6.45, 7) is 4.66. The lowest BCUT2D eigenvalue weighted by Gasteiger charge is -2.08. The number of carbonyl (C=O) groups is 1. The van der Waals surface area contributed by atoms with E-state index in [0.29, 0.717) is 36.5 Å². The summed E-state index contributed by atoms with van der Waals surface area (Å²) in [5.74, 6) is 0.502. The predicted molar refractivity (Wildman–Crippen MR) is 98.3 cm³/mol. The lowest BCUT2D eigenvalue weighted by molar-refractivity contribution is -0.121.